The van der Waals surface area contributed by atoms with E-state index >= 15 is 0 Å². The van der Waals surface area contributed by atoms with Crippen molar-refractivity contribution >= 4 is 97.8 Å². The summed E-state index contributed by atoms with van der Waals surface area (Å²) in [6.07, 6.45) is 0.750. The number of nitrogens with zero attached hydrogens (tertiary/aromatic N) is 6. The molecule has 0 radical (unpaired) electrons. The topological polar surface area (TPSA) is 147 Å². The molecule has 5 rings (SSSR count). The van der Waals surface area contributed by atoms with E-state index in [-0.39, 0.29) is 23.3 Å². The second kappa shape index (κ2) is 13.7. The van der Waals surface area contributed by atoms with Crippen LogP contribution in [0.15, 0.2) is 67.0 Å². The maximum Gasteiger partial charge on any atom is 0.242 e. The predicted octanol–water partition coefficient (Wildman–Crippen LogP) is 4.33. The van der Waals surface area contributed by atoms with Gasteiger partial charge in [0, 0.05) is 23.9 Å². The van der Waals surface area contributed by atoms with Crippen LogP contribution in [0.25, 0.3) is 0 Å². The molecule has 3 N–H and O–H groups in total. The Kier molecular flexibility index (Phi) is 10.2. The molecule has 2 aromatic heterocycles. The number of nitrogens with two attached hydrogens (primary N) is 1. The Morgan fingerprint density at radius 2 is 1.49 bits per heavy atom. The fourth-order valence-corrected chi connectivity index (χ4v) is 7.15. The van der Waals surface area contributed by atoms with E-state index in [1.54, 1.807) is 30.8 Å². The minimum absolute atomic E-state index is 0.0567. The molecule has 0 aliphatic carbocycles. The van der Waals surface area contributed by atoms with Crippen LogP contribution in [-0.2, 0) is 14.4 Å². The van der Waals surface area contributed by atoms with Crippen molar-refractivity contribution in [3.8, 4) is 0 Å². The van der Waals surface area contributed by atoms with E-state index in [1.807, 2.05) is 48.5 Å². The summed E-state index contributed by atoms with van der Waals surface area (Å²) in [7, 11) is 3.38. The van der Waals surface area contributed by atoms with Crippen molar-refractivity contribution < 1.29 is 14.4 Å². The second-order valence-electron chi connectivity index (χ2n) is 7.74. The smallest absolute Gasteiger partial charge is 0.242 e. The Labute approximate surface area is 245 Å². The average Bonchev–Trinajstić information content (AvgIpc) is 3.57. The first kappa shape index (κ1) is 28.8. The van der Waals surface area contributed by atoms with Crippen molar-refractivity contribution in [3.63, 3.8) is 0 Å². The average molecular weight is 619 g/mol. The van der Waals surface area contributed by atoms with E-state index in [1.165, 1.54) is 51.1 Å². The molecule has 3 amide bonds. The number of hydrogen-bond donors (Lipinski definition) is 2. The summed E-state index contributed by atoms with van der Waals surface area (Å²) in [5.41, 5.74) is 7.28. The maximum atomic E-state index is 13.3. The molecule has 0 fully saturated rings. The van der Waals surface area contributed by atoms with Crippen LogP contribution in [0.1, 0.15) is 0 Å². The van der Waals surface area contributed by atoms with Crippen molar-refractivity contribution in [2.24, 2.45) is 0 Å². The first-order valence-electron chi connectivity index (χ1n) is 11.1. The summed E-state index contributed by atoms with van der Waals surface area (Å²) < 4.78 is 1.22. The zero-order chi connectivity index (χ0) is 27.8. The molecule has 202 valence electrons. The summed E-state index contributed by atoms with van der Waals surface area (Å²) in [4.78, 5) is 40.1. The molecule has 0 unspecified atom stereocenters. The Balaban J connectivity index is 0.000000648. The largest absolute Gasteiger partial charge is 0.374 e. The number of nitrogens with one attached hydrogen (secondary N) is 1. The molecule has 16 heteroatoms. The van der Waals surface area contributed by atoms with Gasteiger partial charge < -0.3 is 10.6 Å². The number of carbonyl (C=O) groups is 3. The summed E-state index contributed by atoms with van der Waals surface area (Å²) in [6, 6.07) is 15.7. The lowest BCUT2D eigenvalue weighted by Crippen LogP contribution is -2.29. The summed E-state index contributed by atoms with van der Waals surface area (Å²) >= 11 is 6.65. The lowest BCUT2D eigenvalue weighted by atomic mass is 10.2. The highest BCUT2D eigenvalue weighted by molar-refractivity contribution is 8.02. The van der Waals surface area contributed by atoms with E-state index in [2.05, 4.69) is 25.7 Å². The van der Waals surface area contributed by atoms with Crippen LogP contribution in [0.3, 0.4) is 0 Å². The summed E-state index contributed by atoms with van der Waals surface area (Å²) in [6.45, 7) is 0. The first-order valence-corrected chi connectivity index (χ1v) is 15.5. The van der Waals surface area contributed by atoms with E-state index in [9.17, 15) is 14.4 Å². The van der Waals surface area contributed by atoms with Crippen molar-refractivity contribution in [2.45, 2.75) is 18.5 Å². The summed E-state index contributed by atoms with van der Waals surface area (Å²) in [5.74, 6) is 0.0471. The fraction of sp³-hybridized carbons (Fsp3) is 0.174. The summed E-state index contributed by atoms with van der Waals surface area (Å²) in [5, 5.41) is 19.1. The first-order chi connectivity index (χ1) is 18.8. The molecular weight excluding hydrogens is 597 g/mol. The lowest BCUT2D eigenvalue weighted by Gasteiger charge is -2.30. The molecule has 1 aliphatic heterocycles. The lowest BCUT2D eigenvalue weighted by molar-refractivity contribution is -0.116. The molecule has 0 spiro atoms. The Morgan fingerprint density at radius 3 is 2.08 bits per heavy atom. The van der Waals surface area contributed by atoms with Gasteiger partial charge in [-0.3, -0.25) is 24.6 Å². The zero-order valence-electron chi connectivity index (χ0n) is 20.6. The van der Waals surface area contributed by atoms with E-state index in [0.717, 1.165) is 27.6 Å². The molecule has 4 aromatic rings. The van der Waals surface area contributed by atoms with Crippen molar-refractivity contribution in [1.82, 2.24) is 25.3 Å². The number of aromatic nitrogens is 4. The Morgan fingerprint density at radius 1 is 0.923 bits per heavy atom. The SMILES string of the molecule is CN(C)C=O.Nc1nnc(SCC(=O)Nc2nnc(SCC(=O)N3c4ccccc4Sc4ccccc43)s2)s1. The van der Waals surface area contributed by atoms with E-state index < -0.39 is 0 Å². The molecule has 0 saturated heterocycles. The molecule has 1 aliphatic rings. The number of benzene rings is 2. The number of fused-ring (bicyclic) bond motifs is 2. The minimum Gasteiger partial charge on any atom is -0.374 e. The molecule has 2 aromatic carbocycles. The van der Waals surface area contributed by atoms with Gasteiger partial charge in [0.05, 0.1) is 22.9 Å². The highest BCUT2D eigenvalue weighted by Gasteiger charge is 2.28. The van der Waals surface area contributed by atoms with Crippen molar-refractivity contribution in [2.75, 3.05) is 41.6 Å². The molecule has 0 saturated carbocycles. The second-order valence-corrected chi connectivity index (χ2v) is 13.3. The van der Waals surface area contributed by atoms with Crippen LogP contribution in [0.4, 0.5) is 21.6 Å². The molecule has 39 heavy (non-hydrogen) atoms. The minimum atomic E-state index is -0.235. The van der Waals surface area contributed by atoms with Gasteiger partial charge in [0.2, 0.25) is 28.5 Å². The number of nitrogen functional groups attached to an aromatic ring is 1. The Bertz CT molecular complexity index is 1420. The van der Waals surface area contributed by atoms with E-state index in [4.69, 9.17) is 5.73 Å². The van der Waals surface area contributed by atoms with Crippen molar-refractivity contribution in [3.05, 3.63) is 48.5 Å². The fourth-order valence-electron chi connectivity index (χ4n) is 3.04. The van der Waals surface area contributed by atoms with Gasteiger partial charge in [-0.15, -0.1) is 20.4 Å². The molecular formula is C23H22N8O3S5. The third-order valence-corrected chi connectivity index (χ3v) is 9.59. The number of para-hydroxylation sites is 2. The molecule has 3 heterocycles. The van der Waals surface area contributed by atoms with Gasteiger partial charge in [0.15, 0.2) is 8.68 Å². The van der Waals surface area contributed by atoms with Gasteiger partial charge in [-0.05, 0) is 24.3 Å². The van der Waals surface area contributed by atoms with E-state index in [0.29, 0.717) is 18.9 Å². The van der Waals surface area contributed by atoms with Crippen LogP contribution in [0.5, 0.6) is 0 Å². The molecule has 0 atom stereocenters. The van der Waals surface area contributed by atoms with Gasteiger partial charge >= 0.3 is 0 Å². The third-order valence-electron chi connectivity index (χ3n) is 4.61. The normalized spacial score (nSPS) is 11.5. The highest BCUT2D eigenvalue weighted by atomic mass is 32.2. The van der Waals surface area contributed by atoms with Gasteiger partial charge in [-0.2, -0.15) is 0 Å². The number of amides is 3. The van der Waals surface area contributed by atoms with Crippen LogP contribution >= 0.6 is 58.0 Å². The monoisotopic (exact) mass is 618 g/mol. The number of hydrogen-bond acceptors (Lipinski definition) is 13. The van der Waals surface area contributed by atoms with Gasteiger partial charge in [0.25, 0.3) is 0 Å². The third kappa shape index (κ3) is 7.92. The number of thioether (sulfide) groups is 2. The van der Waals surface area contributed by atoms with Crippen LogP contribution in [0.2, 0.25) is 0 Å². The van der Waals surface area contributed by atoms with Crippen LogP contribution in [-0.4, -0.2) is 69.1 Å². The van der Waals surface area contributed by atoms with Gasteiger partial charge in [0.1, 0.15) is 0 Å². The van der Waals surface area contributed by atoms with Crippen molar-refractivity contribution in [1.29, 1.82) is 0 Å². The predicted molar refractivity (Wildman–Crippen MR) is 158 cm³/mol. The zero-order valence-corrected chi connectivity index (χ0v) is 24.7. The highest BCUT2D eigenvalue weighted by Crippen LogP contribution is 2.48. The Hall–Kier alpha value is -3.18. The number of carbonyl (C=O) groups excluding carboxylic acids is 3. The van der Waals surface area contributed by atoms with Gasteiger partial charge in [-0.25, -0.2) is 0 Å². The van der Waals surface area contributed by atoms with Gasteiger partial charge in [-0.1, -0.05) is 82.2 Å². The number of anilines is 4. The standard InChI is InChI=1S/C20H15N7O2S5.C3H7NO/c21-17-23-25-19(33-17)30-9-15(28)22-18-24-26-20(34-18)31-10-16(29)27-11-5-1-3-7-13(11)32-14-8-4-2-6-12(14)27;1-4(2)3-5/h1-8H,9-10H2,(H2,21,23)(H,22,24,28);3H,1-2H3. The molecule has 11 nitrogen and oxygen atoms in total. The maximum absolute atomic E-state index is 13.3. The number of rotatable bonds is 8. The quantitative estimate of drug-likeness (QED) is 0.165. The van der Waals surface area contributed by atoms with Crippen LogP contribution < -0.4 is 16.0 Å². The molecule has 0 bridgehead atoms. The van der Waals surface area contributed by atoms with Crippen LogP contribution in [0, 0.1) is 0 Å².